The third kappa shape index (κ3) is 4.38. The Morgan fingerprint density at radius 1 is 1.31 bits per heavy atom. The number of rotatable bonds is 6. The van der Waals surface area contributed by atoms with Crippen LogP contribution in [0.3, 0.4) is 0 Å². The van der Waals surface area contributed by atoms with Gasteiger partial charge in [0.05, 0.1) is 12.2 Å². The Bertz CT molecular complexity index is 750. The molecule has 1 aromatic rings. The van der Waals surface area contributed by atoms with Crippen molar-refractivity contribution in [2.24, 2.45) is 5.92 Å². The number of nitrogens with one attached hydrogen (secondary N) is 1. The minimum absolute atomic E-state index is 0.0202. The highest BCUT2D eigenvalue weighted by atomic mass is 32.2. The van der Waals surface area contributed by atoms with E-state index in [0.717, 1.165) is 32.2 Å². The second-order valence-corrected chi connectivity index (χ2v) is 9.46. The lowest BCUT2D eigenvalue weighted by atomic mass is 9.99. The van der Waals surface area contributed by atoms with Crippen LogP contribution in [0.25, 0.3) is 0 Å². The van der Waals surface area contributed by atoms with Crippen LogP contribution in [-0.2, 0) is 21.2 Å². The summed E-state index contributed by atoms with van der Waals surface area (Å²) < 4.78 is 24.8. The van der Waals surface area contributed by atoms with E-state index in [1.165, 1.54) is 21.8 Å². The molecule has 0 radical (unpaired) electrons. The average Bonchev–Trinajstić information content (AvgIpc) is 2.93. The predicted octanol–water partition coefficient (Wildman–Crippen LogP) is 1.62. The third-order valence-corrected chi connectivity index (χ3v) is 6.72. The Balaban J connectivity index is 1.44. The third-order valence-electron chi connectivity index (χ3n) is 5.45. The van der Waals surface area contributed by atoms with Gasteiger partial charge in [-0.25, -0.2) is 12.7 Å². The fourth-order valence-electron chi connectivity index (χ4n) is 4.03. The number of carbonyl (C=O) groups is 1. The van der Waals surface area contributed by atoms with Crippen LogP contribution < -0.4 is 10.2 Å². The topological polar surface area (TPSA) is 69.7 Å². The zero-order chi connectivity index (χ0) is 18.7. The number of fused-ring (bicyclic) bond motifs is 1. The van der Waals surface area contributed by atoms with Gasteiger partial charge in [-0.1, -0.05) is 18.2 Å². The van der Waals surface area contributed by atoms with Crippen molar-refractivity contribution >= 4 is 21.6 Å². The summed E-state index contributed by atoms with van der Waals surface area (Å²) >= 11 is 0. The van der Waals surface area contributed by atoms with Crippen LogP contribution in [0.4, 0.5) is 5.69 Å². The van der Waals surface area contributed by atoms with Gasteiger partial charge < -0.3 is 10.2 Å². The molecular weight excluding hydrogens is 350 g/mol. The van der Waals surface area contributed by atoms with Crippen LogP contribution >= 0.6 is 0 Å². The smallest absolute Gasteiger partial charge is 0.224 e. The summed E-state index contributed by atoms with van der Waals surface area (Å²) in [5.41, 5.74) is 2.70. The molecule has 1 saturated heterocycles. The van der Waals surface area contributed by atoms with Crippen LogP contribution in [0.2, 0.25) is 0 Å². The number of piperidine rings is 1. The van der Waals surface area contributed by atoms with Gasteiger partial charge in [-0.15, -0.1) is 0 Å². The lowest BCUT2D eigenvalue weighted by molar-refractivity contribution is -0.126. The average molecular weight is 380 g/mol. The molecule has 7 heteroatoms. The van der Waals surface area contributed by atoms with E-state index in [2.05, 4.69) is 41.4 Å². The maximum Gasteiger partial charge on any atom is 0.224 e. The fourth-order valence-corrected chi connectivity index (χ4v) is 4.94. The van der Waals surface area contributed by atoms with Crippen molar-refractivity contribution in [3.05, 3.63) is 29.8 Å². The first kappa shape index (κ1) is 19.2. The Morgan fingerprint density at radius 2 is 2.08 bits per heavy atom. The van der Waals surface area contributed by atoms with E-state index < -0.39 is 10.0 Å². The lowest BCUT2D eigenvalue weighted by Crippen LogP contribution is -2.45. The number of nitrogens with zero attached hydrogens (tertiary/aromatic N) is 2. The Kier molecular flexibility index (Phi) is 5.87. The molecule has 1 N–H and O–H groups in total. The maximum absolute atomic E-state index is 12.4. The molecule has 0 unspecified atom stereocenters. The quantitative estimate of drug-likeness (QED) is 0.763. The van der Waals surface area contributed by atoms with Gasteiger partial charge in [0.1, 0.15) is 0 Å². The SMILES string of the molecule is C[C@H]1Cc2ccccc2N1CCCNC(=O)[C@H]1CCCN(S(C)(=O)=O)C1. The van der Waals surface area contributed by atoms with Crippen molar-refractivity contribution < 1.29 is 13.2 Å². The monoisotopic (exact) mass is 379 g/mol. The summed E-state index contributed by atoms with van der Waals surface area (Å²) in [6.45, 7) is 4.61. The minimum Gasteiger partial charge on any atom is -0.368 e. The van der Waals surface area contributed by atoms with Crippen molar-refractivity contribution in [2.45, 2.75) is 38.6 Å². The van der Waals surface area contributed by atoms with E-state index in [1.807, 2.05) is 0 Å². The number of hydrogen-bond acceptors (Lipinski definition) is 4. The Labute approximate surface area is 156 Å². The molecule has 26 heavy (non-hydrogen) atoms. The molecule has 3 rings (SSSR count). The van der Waals surface area contributed by atoms with E-state index in [9.17, 15) is 13.2 Å². The van der Waals surface area contributed by atoms with Crippen molar-refractivity contribution in [2.75, 3.05) is 37.3 Å². The highest BCUT2D eigenvalue weighted by Gasteiger charge is 2.30. The number of benzene rings is 1. The van der Waals surface area contributed by atoms with Gasteiger partial charge in [-0.05, 0) is 44.2 Å². The molecule has 0 saturated carbocycles. The van der Waals surface area contributed by atoms with Crippen LogP contribution in [0.1, 0.15) is 31.7 Å². The van der Waals surface area contributed by atoms with E-state index in [1.54, 1.807) is 0 Å². The fraction of sp³-hybridized carbons (Fsp3) is 0.632. The predicted molar refractivity (Wildman–Crippen MR) is 104 cm³/mol. The van der Waals surface area contributed by atoms with Crippen LogP contribution in [0.15, 0.2) is 24.3 Å². The summed E-state index contributed by atoms with van der Waals surface area (Å²) in [5.74, 6) is -0.252. The molecule has 0 aromatic heterocycles. The molecule has 2 aliphatic rings. The molecule has 1 aromatic carbocycles. The van der Waals surface area contributed by atoms with Gasteiger partial charge in [0.25, 0.3) is 0 Å². The Morgan fingerprint density at radius 3 is 2.85 bits per heavy atom. The van der Waals surface area contributed by atoms with Crippen molar-refractivity contribution in [1.29, 1.82) is 0 Å². The first-order chi connectivity index (χ1) is 12.4. The minimum atomic E-state index is -3.22. The van der Waals surface area contributed by atoms with Gasteiger partial charge in [0.15, 0.2) is 0 Å². The van der Waals surface area contributed by atoms with Gasteiger partial charge in [0.2, 0.25) is 15.9 Å². The molecular formula is C19H29N3O3S. The lowest BCUT2D eigenvalue weighted by Gasteiger charge is -2.30. The molecule has 144 valence electrons. The summed E-state index contributed by atoms with van der Waals surface area (Å²) in [6, 6.07) is 9.00. The Hall–Kier alpha value is -1.60. The number of anilines is 1. The van der Waals surface area contributed by atoms with Gasteiger partial charge in [0, 0.05) is 37.9 Å². The number of carbonyl (C=O) groups excluding carboxylic acids is 1. The highest BCUT2D eigenvalue weighted by molar-refractivity contribution is 7.88. The van der Waals surface area contributed by atoms with Crippen LogP contribution in [0.5, 0.6) is 0 Å². The number of amides is 1. The summed E-state index contributed by atoms with van der Waals surface area (Å²) in [7, 11) is -3.22. The normalized spacial score (nSPS) is 23.7. The molecule has 0 spiro atoms. The maximum atomic E-state index is 12.4. The summed E-state index contributed by atoms with van der Waals surface area (Å²) in [5, 5.41) is 3.00. The first-order valence-electron chi connectivity index (χ1n) is 9.43. The summed E-state index contributed by atoms with van der Waals surface area (Å²) in [4.78, 5) is 14.8. The van der Waals surface area contributed by atoms with E-state index >= 15 is 0 Å². The van der Waals surface area contributed by atoms with Crippen LogP contribution in [-0.4, -0.2) is 57.1 Å². The molecule has 0 aliphatic carbocycles. The van der Waals surface area contributed by atoms with Crippen molar-refractivity contribution in [3.63, 3.8) is 0 Å². The van der Waals surface area contributed by atoms with Gasteiger partial charge >= 0.3 is 0 Å². The standard InChI is InChI=1S/C19H29N3O3S/c1-15-13-16-7-3-4-9-18(16)22(15)12-6-10-20-19(23)17-8-5-11-21(14-17)26(2,24)25/h3-4,7,9,15,17H,5-6,8,10-14H2,1-2H3,(H,20,23)/t15-,17-/m0/s1. The van der Waals surface area contributed by atoms with E-state index in [-0.39, 0.29) is 11.8 Å². The molecule has 1 fully saturated rings. The highest BCUT2D eigenvalue weighted by Crippen LogP contribution is 2.31. The number of para-hydroxylation sites is 1. The van der Waals surface area contributed by atoms with Crippen molar-refractivity contribution in [1.82, 2.24) is 9.62 Å². The summed E-state index contributed by atoms with van der Waals surface area (Å²) in [6.07, 6.45) is 4.67. The molecule has 6 nitrogen and oxygen atoms in total. The van der Waals surface area contributed by atoms with E-state index in [4.69, 9.17) is 0 Å². The molecule has 2 atom stereocenters. The molecule has 1 amide bonds. The van der Waals surface area contributed by atoms with Gasteiger partial charge in [-0.3, -0.25) is 4.79 Å². The van der Waals surface area contributed by atoms with Gasteiger partial charge in [-0.2, -0.15) is 0 Å². The number of sulfonamides is 1. The molecule has 2 aliphatic heterocycles. The molecule has 2 heterocycles. The van der Waals surface area contributed by atoms with Crippen molar-refractivity contribution in [3.8, 4) is 0 Å². The second-order valence-electron chi connectivity index (χ2n) is 7.48. The molecule has 0 bridgehead atoms. The number of hydrogen-bond donors (Lipinski definition) is 1. The van der Waals surface area contributed by atoms with Crippen LogP contribution in [0, 0.1) is 5.92 Å². The first-order valence-corrected chi connectivity index (χ1v) is 11.3. The zero-order valence-electron chi connectivity index (χ0n) is 15.6. The zero-order valence-corrected chi connectivity index (χ0v) is 16.5. The second kappa shape index (κ2) is 7.96. The van der Waals surface area contributed by atoms with E-state index in [0.29, 0.717) is 25.7 Å². The largest absolute Gasteiger partial charge is 0.368 e.